The molecule has 0 aliphatic carbocycles. The molecular weight excluding hydrogens is 254 g/mol. The van der Waals surface area contributed by atoms with Crippen molar-refractivity contribution in [2.45, 2.75) is 32.9 Å². The van der Waals surface area contributed by atoms with Crippen molar-refractivity contribution in [1.29, 1.82) is 0 Å². The number of nitrogen functional groups attached to an aromatic ring is 1. The number of hydrogen-bond donors (Lipinski definition) is 2. The van der Waals surface area contributed by atoms with Crippen LogP contribution in [-0.2, 0) is 4.79 Å². The van der Waals surface area contributed by atoms with Gasteiger partial charge in [0.2, 0.25) is 5.91 Å². The van der Waals surface area contributed by atoms with E-state index in [0.717, 1.165) is 5.56 Å². The van der Waals surface area contributed by atoms with Crippen LogP contribution in [0.2, 0.25) is 0 Å². The van der Waals surface area contributed by atoms with Crippen LogP contribution >= 0.6 is 0 Å². The zero-order valence-electron chi connectivity index (χ0n) is 11.9. The molecule has 6 nitrogen and oxygen atoms in total. The van der Waals surface area contributed by atoms with Crippen LogP contribution in [0.3, 0.4) is 0 Å². The summed E-state index contributed by atoms with van der Waals surface area (Å²) in [5, 5.41) is 7.20. The molecule has 0 radical (unpaired) electrons. The predicted octanol–water partition coefficient (Wildman–Crippen LogP) is 1.61. The fraction of sp³-hybridized carbons (Fsp3) is 0.357. The van der Waals surface area contributed by atoms with Crippen LogP contribution in [0.25, 0.3) is 11.4 Å². The molecule has 0 bridgehead atoms. The van der Waals surface area contributed by atoms with Gasteiger partial charge in [-0.1, -0.05) is 0 Å². The van der Waals surface area contributed by atoms with Crippen molar-refractivity contribution in [3.63, 3.8) is 0 Å². The van der Waals surface area contributed by atoms with E-state index < -0.39 is 6.04 Å². The molecule has 20 heavy (non-hydrogen) atoms. The molecule has 2 rings (SSSR count). The van der Waals surface area contributed by atoms with Crippen molar-refractivity contribution in [3.8, 4) is 11.4 Å². The number of aromatic nitrogens is 3. The Balaban J connectivity index is 2.16. The molecule has 0 fully saturated rings. The molecule has 0 saturated heterocycles. The number of nitrogens with zero attached hydrogens (tertiary/aromatic N) is 3. The van der Waals surface area contributed by atoms with E-state index in [4.69, 9.17) is 5.73 Å². The highest BCUT2D eigenvalue weighted by molar-refractivity contribution is 5.80. The molecule has 1 aromatic heterocycles. The fourth-order valence-electron chi connectivity index (χ4n) is 1.75. The fourth-order valence-corrected chi connectivity index (χ4v) is 1.75. The molecule has 0 aliphatic heterocycles. The summed E-state index contributed by atoms with van der Waals surface area (Å²) >= 11 is 0. The molecule has 0 aliphatic rings. The Morgan fingerprint density at radius 1 is 1.25 bits per heavy atom. The summed E-state index contributed by atoms with van der Waals surface area (Å²) in [6.45, 7) is 5.64. The minimum atomic E-state index is -0.396. The van der Waals surface area contributed by atoms with Gasteiger partial charge in [-0.25, -0.2) is 9.67 Å². The van der Waals surface area contributed by atoms with Crippen molar-refractivity contribution in [2.75, 3.05) is 5.73 Å². The molecule has 1 atom stereocenters. The van der Waals surface area contributed by atoms with Gasteiger partial charge in [-0.2, -0.15) is 5.10 Å². The first-order valence-electron chi connectivity index (χ1n) is 6.55. The summed E-state index contributed by atoms with van der Waals surface area (Å²) < 4.78 is 1.56. The van der Waals surface area contributed by atoms with Gasteiger partial charge in [0.15, 0.2) is 5.82 Å². The lowest BCUT2D eigenvalue weighted by Crippen LogP contribution is -2.35. The highest BCUT2D eigenvalue weighted by Crippen LogP contribution is 2.17. The van der Waals surface area contributed by atoms with E-state index in [1.165, 1.54) is 0 Å². The lowest BCUT2D eigenvalue weighted by molar-refractivity contribution is -0.124. The second-order valence-electron chi connectivity index (χ2n) is 5.01. The van der Waals surface area contributed by atoms with Gasteiger partial charge < -0.3 is 11.1 Å². The highest BCUT2D eigenvalue weighted by Gasteiger charge is 2.17. The lowest BCUT2D eigenvalue weighted by Gasteiger charge is -2.14. The summed E-state index contributed by atoms with van der Waals surface area (Å²) in [6, 6.07) is 7.01. The summed E-state index contributed by atoms with van der Waals surface area (Å²) in [5.41, 5.74) is 7.21. The van der Waals surface area contributed by atoms with Crippen molar-refractivity contribution in [1.82, 2.24) is 20.1 Å². The smallest absolute Gasteiger partial charge is 0.244 e. The van der Waals surface area contributed by atoms with Crippen LogP contribution in [-0.4, -0.2) is 26.7 Å². The number of nitrogens with one attached hydrogen (secondary N) is 1. The maximum absolute atomic E-state index is 11.9. The van der Waals surface area contributed by atoms with E-state index in [1.807, 2.05) is 26.0 Å². The van der Waals surface area contributed by atoms with Crippen LogP contribution in [0, 0.1) is 0 Å². The van der Waals surface area contributed by atoms with Gasteiger partial charge in [0.05, 0.1) is 0 Å². The Morgan fingerprint density at radius 2 is 1.90 bits per heavy atom. The van der Waals surface area contributed by atoms with Crippen molar-refractivity contribution in [2.24, 2.45) is 0 Å². The lowest BCUT2D eigenvalue weighted by atomic mass is 10.2. The molecule has 0 saturated carbocycles. The molecule has 1 unspecified atom stereocenters. The van der Waals surface area contributed by atoms with Gasteiger partial charge in [-0.15, -0.1) is 0 Å². The minimum Gasteiger partial charge on any atom is -0.399 e. The van der Waals surface area contributed by atoms with Crippen LogP contribution in [0.4, 0.5) is 5.69 Å². The Kier molecular flexibility index (Phi) is 4.02. The standard InChI is InChI=1S/C14H19N5O/c1-9(2)17-14(20)10(3)19-8-16-13(18-19)11-4-6-12(15)7-5-11/h4-10H,15H2,1-3H3,(H,17,20). The zero-order chi connectivity index (χ0) is 14.7. The van der Waals surface area contributed by atoms with Crippen molar-refractivity contribution < 1.29 is 4.79 Å². The first kappa shape index (κ1) is 14.0. The van der Waals surface area contributed by atoms with Gasteiger partial charge in [0.25, 0.3) is 0 Å². The molecule has 106 valence electrons. The maximum Gasteiger partial charge on any atom is 0.244 e. The number of benzene rings is 1. The number of rotatable bonds is 4. The molecule has 1 heterocycles. The average molecular weight is 273 g/mol. The Hall–Kier alpha value is -2.37. The molecule has 2 aromatic rings. The van der Waals surface area contributed by atoms with Crippen molar-refractivity contribution in [3.05, 3.63) is 30.6 Å². The maximum atomic E-state index is 11.9. The summed E-state index contributed by atoms with van der Waals surface area (Å²) in [4.78, 5) is 16.2. The van der Waals surface area contributed by atoms with Gasteiger partial charge in [-0.3, -0.25) is 4.79 Å². The number of nitrogens with two attached hydrogens (primary N) is 1. The quantitative estimate of drug-likeness (QED) is 0.829. The SMILES string of the molecule is CC(C)NC(=O)C(C)n1cnc(-c2ccc(N)cc2)n1. The molecule has 3 N–H and O–H groups in total. The van der Waals surface area contributed by atoms with Crippen LogP contribution in [0.1, 0.15) is 26.8 Å². The number of carbonyl (C=O) groups excluding carboxylic acids is 1. The van der Waals surface area contributed by atoms with Gasteiger partial charge >= 0.3 is 0 Å². The van der Waals surface area contributed by atoms with Gasteiger partial charge in [-0.05, 0) is 45.0 Å². The molecule has 1 amide bonds. The topological polar surface area (TPSA) is 85.8 Å². The van der Waals surface area contributed by atoms with Crippen LogP contribution < -0.4 is 11.1 Å². The second-order valence-corrected chi connectivity index (χ2v) is 5.01. The predicted molar refractivity (Wildman–Crippen MR) is 77.9 cm³/mol. The molecule has 1 aromatic carbocycles. The summed E-state index contributed by atoms with van der Waals surface area (Å²) in [5.74, 6) is 0.503. The molecular formula is C14H19N5O. The van der Waals surface area contributed by atoms with E-state index in [2.05, 4.69) is 15.4 Å². The van der Waals surface area contributed by atoms with E-state index >= 15 is 0 Å². The third-order valence-electron chi connectivity index (χ3n) is 2.88. The normalized spacial score (nSPS) is 12.4. The third-order valence-corrected chi connectivity index (χ3v) is 2.88. The zero-order valence-corrected chi connectivity index (χ0v) is 11.9. The van der Waals surface area contributed by atoms with Crippen LogP contribution in [0.5, 0.6) is 0 Å². The third kappa shape index (κ3) is 3.14. The number of carbonyl (C=O) groups is 1. The van der Waals surface area contributed by atoms with E-state index in [9.17, 15) is 4.79 Å². The van der Waals surface area contributed by atoms with E-state index in [0.29, 0.717) is 11.5 Å². The Morgan fingerprint density at radius 3 is 2.50 bits per heavy atom. The monoisotopic (exact) mass is 273 g/mol. The first-order chi connectivity index (χ1) is 9.47. The summed E-state index contributed by atoms with van der Waals surface area (Å²) in [7, 11) is 0. The Bertz CT molecular complexity index is 588. The van der Waals surface area contributed by atoms with E-state index in [-0.39, 0.29) is 11.9 Å². The number of hydrogen-bond acceptors (Lipinski definition) is 4. The average Bonchev–Trinajstić information content (AvgIpc) is 2.87. The Labute approximate surface area is 118 Å². The first-order valence-corrected chi connectivity index (χ1v) is 6.55. The largest absolute Gasteiger partial charge is 0.399 e. The summed E-state index contributed by atoms with van der Waals surface area (Å²) in [6.07, 6.45) is 1.57. The second kappa shape index (κ2) is 5.73. The highest BCUT2D eigenvalue weighted by atomic mass is 16.2. The van der Waals surface area contributed by atoms with Crippen LogP contribution in [0.15, 0.2) is 30.6 Å². The molecule has 6 heteroatoms. The van der Waals surface area contributed by atoms with Crippen molar-refractivity contribution >= 4 is 11.6 Å². The van der Waals surface area contributed by atoms with E-state index in [1.54, 1.807) is 30.1 Å². The van der Waals surface area contributed by atoms with Gasteiger partial charge in [0.1, 0.15) is 12.4 Å². The number of amides is 1. The van der Waals surface area contributed by atoms with Gasteiger partial charge in [0, 0.05) is 17.3 Å². The molecule has 0 spiro atoms. The minimum absolute atomic E-state index is 0.0752. The number of anilines is 1.